The van der Waals surface area contributed by atoms with Gasteiger partial charge in [-0.25, -0.2) is 0 Å². The Labute approximate surface area is 133 Å². The lowest BCUT2D eigenvalue weighted by Crippen LogP contribution is -2.58. The third kappa shape index (κ3) is 3.27. The molecule has 1 aliphatic rings. The van der Waals surface area contributed by atoms with E-state index < -0.39 is 0 Å². The summed E-state index contributed by atoms with van der Waals surface area (Å²) in [4.78, 5) is 25.7. The number of hydrogen-bond donors (Lipinski definition) is 2. The van der Waals surface area contributed by atoms with Crippen molar-refractivity contribution >= 4 is 33.4 Å². The van der Waals surface area contributed by atoms with Gasteiger partial charge in [-0.1, -0.05) is 28.9 Å². The van der Waals surface area contributed by atoms with E-state index in [1.54, 1.807) is 0 Å². The number of halogens is 1. The van der Waals surface area contributed by atoms with E-state index in [1.807, 2.05) is 37.1 Å². The SMILES string of the molecule is CCC1C(=O)NC(=O)CN1c1cc(Br)ccc1C(C)NC. The fourth-order valence-electron chi connectivity index (χ4n) is 2.61. The van der Waals surface area contributed by atoms with Gasteiger partial charge in [0.1, 0.15) is 6.04 Å². The van der Waals surface area contributed by atoms with Crippen LogP contribution < -0.4 is 15.5 Å². The molecule has 0 aromatic heterocycles. The van der Waals surface area contributed by atoms with Crippen molar-refractivity contribution in [3.63, 3.8) is 0 Å². The number of amides is 2. The largest absolute Gasteiger partial charge is 0.350 e. The van der Waals surface area contributed by atoms with Crippen LogP contribution in [0.15, 0.2) is 22.7 Å². The van der Waals surface area contributed by atoms with Crippen LogP contribution in [-0.4, -0.2) is 31.4 Å². The van der Waals surface area contributed by atoms with Crippen LogP contribution in [-0.2, 0) is 9.59 Å². The smallest absolute Gasteiger partial charge is 0.249 e. The molecule has 1 aromatic carbocycles. The number of nitrogens with zero attached hydrogens (tertiary/aromatic N) is 1. The number of carbonyl (C=O) groups is 2. The van der Waals surface area contributed by atoms with E-state index in [2.05, 4.69) is 33.5 Å². The Balaban J connectivity index is 2.49. The summed E-state index contributed by atoms with van der Waals surface area (Å²) in [6, 6.07) is 5.77. The molecule has 2 amide bonds. The normalized spacial score (nSPS) is 20.4. The van der Waals surface area contributed by atoms with Gasteiger partial charge in [-0.15, -0.1) is 0 Å². The molecule has 2 atom stereocenters. The van der Waals surface area contributed by atoms with Gasteiger partial charge in [-0.3, -0.25) is 14.9 Å². The van der Waals surface area contributed by atoms with Gasteiger partial charge in [0.2, 0.25) is 11.8 Å². The molecule has 2 rings (SSSR count). The molecule has 114 valence electrons. The molecule has 1 aromatic rings. The highest BCUT2D eigenvalue weighted by molar-refractivity contribution is 9.10. The van der Waals surface area contributed by atoms with E-state index in [1.165, 1.54) is 0 Å². The van der Waals surface area contributed by atoms with Crippen LogP contribution in [0.2, 0.25) is 0 Å². The average Bonchev–Trinajstić information content (AvgIpc) is 2.45. The minimum Gasteiger partial charge on any atom is -0.350 e. The number of piperazine rings is 1. The summed E-state index contributed by atoms with van der Waals surface area (Å²) in [5.41, 5.74) is 1.99. The summed E-state index contributed by atoms with van der Waals surface area (Å²) in [6.07, 6.45) is 0.652. The first kappa shape index (κ1) is 16.0. The number of rotatable bonds is 4. The van der Waals surface area contributed by atoms with Crippen LogP contribution in [0.1, 0.15) is 31.9 Å². The first-order chi connectivity index (χ1) is 9.97. The van der Waals surface area contributed by atoms with Crippen molar-refractivity contribution in [2.75, 3.05) is 18.5 Å². The maximum atomic E-state index is 12.1. The molecule has 2 unspecified atom stereocenters. The molecule has 21 heavy (non-hydrogen) atoms. The first-order valence-corrected chi connectivity index (χ1v) is 7.84. The summed E-state index contributed by atoms with van der Waals surface area (Å²) in [6.45, 7) is 4.20. The molecule has 5 nitrogen and oxygen atoms in total. The lowest BCUT2D eigenvalue weighted by Gasteiger charge is -2.37. The van der Waals surface area contributed by atoms with Gasteiger partial charge in [0.15, 0.2) is 0 Å². The van der Waals surface area contributed by atoms with Gasteiger partial charge >= 0.3 is 0 Å². The van der Waals surface area contributed by atoms with Gasteiger partial charge in [-0.2, -0.15) is 0 Å². The molecule has 1 saturated heterocycles. The molecular weight excluding hydrogens is 334 g/mol. The second-order valence-electron chi connectivity index (χ2n) is 5.18. The van der Waals surface area contributed by atoms with Crippen molar-refractivity contribution in [2.24, 2.45) is 0 Å². The predicted molar refractivity (Wildman–Crippen MR) is 86.2 cm³/mol. The number of benzene rings is 1. The van der Waals surface area contributed by atoms with Gasteiger partial charge in [0.25, 0.3) is 0 Å². The number of nitrogens with one attached hydrogen (secondary N) is 2. The number of carbonyl (C=O) groups excluding carboxylic acids is 2. The topological polar surface area (TPSA) is 61.4 Å². The minimum atomic E-state index is -0.320. The number of anilines is 1. The Kier molecular flexibility index (Phi) is 5.00. The van der Waals surface area contributed by atoms with Crippen LogP contribution in [0.5, 0.6) is 0 Å². The molecule has 0 spiro atoms. The van der Waals surface area contributed by atoms with Crippen LogP contribution in [0, 0.1) is 0 Å². The van der Waals surface area contributed by atoms with Crippen LogP contribution >= 0.6 is 15.9 Å². The first-order valence-electron chi connectivity index (χ1n) is 7.05. The van der Waals surface area contributed by atoms with Crippen LogP contribution in [0.4, 0.5) is 5.69 Å². The zero-order chi connectivity index (χ0) is 15.6. The molecule has 0 bridgehead atoms. The second-order valence-corrected chi connectivity index (χ2v) is 6.09. The lowest BCUT2D eigenvalue weighted by atomic mass is 10.0. The summed E-state index contributed by atoms with van der Waals surface area (Å²) >= 11 is 3.47. The maximum absolute atomic E-state index is 12.1. The number of hydrogen-bond acceptors (Lipinski definition) is 4. The molecule has 2 N–H and O–H groups in total. The highest BCUT2D eigenvalue weighted by atomic mass is 79.9. The summed E-state index contributed by atoms with van der Waals surface area (Å²) < 4.78 is 0.929. The predicted octanol–water partition coefficient (Wildman–Crippen LogP) is 1.97. The molecule has 1 aliphatic heterocycles. The summed E-state index contributed by atoms with van der Waals surface area (Å²) in [5.74, 6) is -0.482. The molecule has 0 aliphatic carbocycles. The second kappa shape index (κ2) is 6.58. The Morgan fingerprint density at radius 1 is 1.48 bits per heavy atom. The monoisotopic (exact) mass is 353 g/mol. The minimum absolute atomic E-state index is 0.130. The Bertz CT molecular complexity index is 562. The summed E-state index contributed by atoms with van der Waals surface area (Å²) in [7, 11) is 1.89. The van der Waals surface area contributed by atoms with Crippen LogP contribution in [0.3, 0.4) is 0 Å². The quantitative estimate of drug-likeness (QED) is 0.812. The van der Waals surface area contributed by atoms with Crippen LogP contribution in [0.25, 0.3) is 0 Å². The lowest BCUT2D eigenvalue weighted by molar-refractivity contribution is -0.132. The summed E-state index contributed by atoms with van der Waals surface area (Å²) in [5, 5.41) is 5.62. The highest BCUT2D eigenvalue weighted by Crippen LogP contribution is 2.32. The molecule has 0 saturated carbocycles. The van der Waals surface area contributed by atoms with Gasteiger partial charge in [-0.05, 0) is 38.1 Å². The Hall–Kier alpha value is -1.40. The van der Waals surface area contributed by atoms with Gasteiger partial charge in [0, 0.05) is 16.2 Å². The van der Waals surface area contributed by atoms with E-state index >= 15 is 0 Å². The van der Waals surface area contributed by atoms with Crippen molar-refractivity contribution in [3.05, 3.63) is 28.2 Å². The highest BCUT2D eigenvalue weighted by Gasteiger charge is 2.34. The third-order valence-electron chi connectivity index (χ3n) is 3.84. The average molecular weight is 354 g/mol. The molecule has 6 heteroatoms. The standard InChI is InChI=1S/C15H20BrN3O2/c1-4-12-15(21)18-14(20)8-19(12)13-7-10(16)5-6-11(13)9(2)17-3/h5-7,9,12,17H,4,8H2,1-3H3,(H,18,20,21). The van der Waals surface area contributed by atoms with Crippen molar-refractivity contribution < 1.29 is 9.59 Å². The Morgan fingerprint density at radius 2 is 2.19 bits per heavy atom. The molecule has 1 heterocycles. The van der Waals surface area contributed by atoms with Gasteiger partial charge in [0.05, 0.1) is 6.54 Å². The fraction of sp³-hybridized carbons (Fsp3) is 0.467. The number of imide groups is 1. The fourth-order valence-corrected chi connectivity index (χ4v) is 2.96. The Morgan fingerprint density at radius 3 is 2.81 bits per heavy atom. The van der Waals surface area contributed by atoms with E-state index in [0.29, 0.717) is 6.42 Å². The van der Waals surface area contributed by atoms with E-state index in [0.717, 1.165) is 15.7 Å². The van der Waals surface area contributed by atoms with Crippen molar-refractivity contribution in [2.45, 2.75) is 32.4 Å². The van der Waals surface area contributed by atoms with Crippen molar-refractivity contribution in [3.8, 4) is 0 Å². The zero-order valence-electron chi connectivity index (χ0n) is 12.4. The van der Waals surface area contributed by atoms with E-state index in [4.69, 9.17) is 0 Å². The van der Waals surface area contributed by atoms with E-state index in [-0.39, 0.29) is 30.4 Å². The molecule has 1 fully saturated rings. The van der Waals surface area contributed by atoms with Gasteiger partial charge < -0.3 is 10.2 Å². The van der Waals surface area contributed by atoms with E-state index in [9.17, 15) is 9.59 Å². The molecule has 0 radical (unpaired) electrons. The zero-order valence-corrected chi connectivity index (χ0v) is 14.0. The van der Waals surface area contributed by atoms with Crippen molar-refractivity contribution in [1.29, 1.82) is 0 Å². The third-order valence-corrected chi connectivity index (χ3v) is 4.34. The maximum Gasteiger partial charge on any atom is 0.249 e. The molecular formula is C15H20BrN3O2. The van der Waals surface area contributed by atoms with Crippen molar-refractivity contribution in [1.82, 2.24) is 10.6 Å².